The zero-order valence-electron chi connectivity index (χ0n) is 17.5. The summed E-state index contributed by atoms with van der Waals surface area (Å²) >= 11 is 1.30. The van der Waals surface area contributed by atoms with Gasteiger partial charge in [0.2, 0.25) is 5.91 Å². The van der Waals surface area contributed by atoms with Crippen molar-refractivity contribution in [1.29, 1.82) is 0 Å². The van der Waals surface area contributed by atoms with Gasteiger partial charge in [-0.25, -0.2) is 4.98 Å². The number of aryl methyl sites for hydroxylation is 1. The third-order valence-electron chi connectivity index (χ3n) is 4.51. The minimum Gasteiger partial charge on any atom is -0.351 e. The summed E-state index contributed by atoms with van der Waals surface area (Å²) in [5.74, 6) is -0.0831. The maximum Gasteiger partial charge on any atom is 0.266 e. The first-order chi connectivity index (χ1) is 13.7. The molecule has 152 valence electrons. The van der Waals surface area contributed by atoms with Gasteiger partial charge in [0.15, 0.2) is 5.16 Å². The molecule has 0 unspecified atom stereocenters. The maximum absolute atomic E-state index is 13.4. The van der Waals surface area contributed by atoms with Crippen molar-refractivity contribution in [3.63, 3.8) is 0 Å². The Morgan fingerprint density at radius 3 is 2.48 bits per heavy atom. The normalized spacial score (nSPS) is 12.7. The Bertz CT molecular complexity index is 1100. The van der Waals surface area contributed by atoms with Crippen LogP contribution >= 0.6 is 11.8 Å². The molecule has 0 aliphatic rings. The summed E-state index contributed by atoms with van der Waals surface area (Å²) in [6, 6.07) is 15.2. The lowest BCUT2D eigenvalue weighted by atomic mass is 10.1. The summed E-state index contributed by atoms with van der Waals surface area (Å²) in [6.07, 6.45) is 0.791. The van der Waals surface area contributed by atoms with E-state index in [-0.39, 0.29) is 17.0 Å². The molecule has 6 heteroatoms. The topological polar surface area (TPSA) is 64.0 Å². The van der Waals surface area contributed by atoms with Gasteiger partial charge in [0, 0.05) is 5.54 Å². The Hall–Kier alpha value is -2.60. The second kappa shape index (κ2) is 8.41. The van der Waals surface area contributed by atoms with Crippen molar-refractivity contribution in [3.8, 4) is 5.69 Å². The molecule has 1 amide bonds. The van der Waals surface area contributed by atoms with E-state index in [1.54, 1.807) is 10.6 Å². The molecule has 1 atom stereocenters. The van der Waals surface area contributed by atoms with Crippen LogP contribution in [0, 0.1) is 0 Å². The van der Waals surface area contributed by atoms with Crippen molar-refractivity contribution < 1.29 is 4.79 Å². The van der Waals surface area contributed by atoms with E-state index >= 15 is 0 Å². The van der Waals surface area contributed by atoms with Crippen LogP contribution in [0.25, 0.3) is 16.6 Å². The van der Waals surface area contributed by atoms with Crippen molar-refractivity contribution in [1.82, 2.24) is 14.9 Å². The molecule has 0 aliphatic carbocycles. The Morgan fingerprint density at radius 2 is 1.79 bits per heavy atom. The lowest BCUT2D eigenvalue weighted by Crippen LogP contribution is -2.44. The van der Waals surface area contributed by atoms with Crippen LogP contribution in [0.1, 0.15) is 40.2 Å². The molecule has 1 aromatic heterocycles. The summed E-state index contributed by atoms with van der Waals surface area (Å²) in [5, 5.41) is 3.68. The van der Waals surface area contributed by atoms with Gasteiger partial charge in [0.25, 0.3) is 5.56 Å². The van der Waals surface area contributed by atoms with E-state index in [4.69, 9.17) is 4.98 Å². The lowest BCUT2D eigenvalue weighted by molar-refractivity contribution is -0.121. The van der Waals surface area contributed by atoms with E-state index in [0.717, 1.165) is 17.7 Å². The molecule has 0 saturated heterocycles. The van der Waals surface area contributed by atoms with E-state index in [9.17, 15) is 9.59 Å². The second-order valence-electron chi connectivity index (χ2n) is 8.03. The number of benzene rings is 2. The molecule has 3 rings (SSSR count). The van der Waals surface area contributed by atoms with E-state index in [0.29, 0.717) is 16.1 Å². The van der Waals surface area contributed by atoms with Gasteiger partial charge in [-0.1, -0.05) is 49.0 Å². The first-order valence-corrected chi connectivity index (χ1v) is 10.7. The third-order valence-corrected chi connectivity index (χ3v) is 5.56. The smallest absolute Gasteiger partial charge is 0.266 e. The van der Waals surface area contributed by atoms with Gasteiger partial charge in [-0.2, -0.15) is 0 Å². The third kappa shape index (κ3) is 4.70. The number of aromatic nitrogens is 2. The Kier molecular flexibility index (Phi) is 6.13. The van der Waals surface area contributed by atoms with Crippen LogP contribution in [0.3, 0.4) is 0 Å². The fourth-order valence-electron chi connectivity index (χ4n) is 3.11. The SMILES string of the molecule is CCc1ccccc1-n1c(S[C@@H](C)C(=O)NC(C)(C)C)nc2ccccc2c1=O. The molecule has 0 saturated carbocycles. The van der Waals surface area contributed by atoms with Gasteiger partial charge >= 0.3 is 0 Å². The van der Waals surface area contributed by atoms with E-state index in [2.05, 4.69) is 12.2 Å². The Balaban J connectivity index is 2.15. The minimum absolute atomic E-state index is 0.0831. The molecule has 5 nitrogen and oxygen atoms in total. The Labute approximate surface area is 175 Å². The van der Waals surface area contributed by atoms with Crippen molar-refractivity contribution >= 4 is 28.6 Å². The number of carbonyl (C=O) groups is 1. The summed E-state index contributed by atoms with van der Waals surface area (Å²) in [4.78, 5) is 30.8. The van der Waals surface area contributed by atoms with Crippen LogP contribution in [0.2, 0.25) is 0 Å². The number of nitrogens with one attached hydrogen (secondary N) is 1. The van der Waals surface area contributed by atoms with Gasteiger partial charge < -0.3 is 5.32 Å². The van der Waals surface area contributed by atoms with Crippen molar-refractivity contribution in [2.45, 2.75) is 57.0 Å². The standard InChI is InChI=1S/C23H27N3O2S/c1-6-16-11-7-10-14-19(16)26-21(28)17-12-8-9-13-18(17)24-22(26)29-15(2)20(27)25-23(3,4)5/h7-15H,6H2,1-5H3,(H,25,27)/t15-/m0/s1. The molecule has 3 aromatic rings. The average molecular weight is 410 g/mol. The number of thioether (sulfide) groups is 1. The fraction of sp³-hybridized carbons (Fsp3) is 0.348. The van der Waals surface area contributed by atoms with E-state index in [1.807, 2.05) is 70.2 Å². The number of amides is 1. The molecule has 0 aliphatic heterocycles. The Morgan fingerprint density at radius 1 is 1.14 bits per heavy atom. The molecule has 29 heavy (non-hydrogen) atoms. The zero-order valence-corrected chi connectivity index (χ0v) is 18.3. The highest BCUT2D eigenvalue weighted by atomic mass is 32.2. The number of rotatable bonds is 5. The van der Waals surface area contributed by atoms with Gasteiger partial charge in [-0.3, -0.25) is 14.2 Å². The highest BCUT2D eigenvalue weighted by molar-refractivity contribution is 8.00. The highest BCUT2D eigenvalue weighted by Crippen LogP contribution is 2.27. The van der Waals surface area contributed by atoms with Crippen LogP contribution in [0.5, 0.6) is 0 Å². The van der Waals surface area contributed by atoms with Gasteiger partial charge in [0.1, 0.15) is 0 Å². The molecule has 0 spiro atoms. The molecular weight excluding hydrogens is 382 g/mol. The second-order valence-corrected chi connectivity index (χ2v) is 9.34. The summed E-state index contributed by atoms with van der Waals surface area (Å²) < 4.78 is 1.65. The highest BCUT2D eigenvalue weighted by Gasteiger charge is 2.23. The number of hydrogen-bond donors (Lipinski definition) is 1. The molecule has 1 heterocycles. The van der Waals surface area contributed by atoms with Gasteiger partial charge in [-0.15, -0.1) is 0 Å². The molecule has 0 fully saturated rings. The summed E-state index contributed by atoms with van der Waals surface area (Å²) in [5.41, 5.74) is 2.05. The predicted octanol–water partition coefficient (Wildman–Crippen LogP) is 4.34. The lowest BCUT2D eigenvalue weighted by Gasteiger charge is -2.23. The van der Waals surface area contributed by atoms with Crippen LogP contribution in [-0.4, -0.2) is 26.2 Å². The van der Waals surface area contributed by atoms with Gasteiger partial charge in [0.05, 0.1) is 21.8 Å². The monoisotopic (exact) mass is 409 g/mol. The van der Waals surface area contributed by atoms with Crippen molar-refractivity contribution in [2.75, 3.05) is 0 Å². The van der Waals surface area contributed by atoms with E-state index in [1.165, 1.54) is 11.8 Å². The quantitative estimate of drug-likeness (QED) is 0.503. The van der Waals surface area contributed by atoms with Gasteiger partial charge in [-0.05, 0) is 57.9 Å². The van der Waals surface area contributed by atoms with Crippen molar-refractivity contribution in [3.05, 3.63) is 64.4 Å². The minimum atomic E-state index is -0.401. The average Bonchev–Trinajstić information content (AvgIpc) is 2.67. The number of para-hydroxylation sites is 2. The molecule has 1 N–H and O–H groups in total. The fourth-order valence-corrected chi connectivity index (χ4v) is 4.03. The summed E-state index contributed by atoms with van der Waals surface area (Å²) in [7, 11) is 0. The number of hydrogen-bond acceptors (Lipinski definition) is 4. The molecule has 0 bridgehead atoms. The largest absolute Gasteiger partial charge is 0.351 e. The maximum atomic E-state index is 13.4. The summed E-state index contributed by atoms with van der Waals surface area (Å²) in [6.45, 7) is 9.74. The number of carbonyl (C=O) groups excluding carboxylic acids is 1. The predicted molar refractivity (Wildman–Crippen MR) is 120 cm³/mol. The number of nitrogens with zero attached hydrogens (tertiary/aromatic N) is 2. The van der Waals surface area contributed by atoms with Crippen LogP contribution in [-0.2, 0) is 11.2 Å². The molecule has 2 aromatic carbocycles. The van der Waals surface area contributed by atoms with Crippen LogP contribution < -0.4 is 10.9 Å². The first kappa shape index (κ1) is 21.1. The zero-order chi connectivity index (χ0) is 21.2. The molecule has 0 radical (unpaired) electrons. The van der Waals surface area contributed by atoms with E-state index < -0.39 is 5.25 Å². The van der Waals surface area contributed by atoms with Crippen molar-refractivity contribution in [2.24, 2.45) is 0 Å². The molecular formula is C23H27N3O2S. The van der Waals surface area contributed by atoms with Crippen LogP contribution in [0.15, 0.2) is 58.5 Å². The van der Waals surface area contributed by atoms with Crippen LogP contribution in [0.4, 0.5) is 0 Å². The first-order valence-electron chi connectivity index (χ1n) is 9.80. The number of fused-ring (bicyclic) bond motifs is 1.